The molecular weight excluding hydrogens is 434 g/mol. The summed E-state index contributed by atoms with van der Waals surface area (Å²) in [5.41, 5.74) is -0.136. The summed E-state index contributed by atoms with van der Waals surface area (Å²) in [6, 6.07) is 5.95. The number of carbonyl (C=O) groups is 4. The Morgan fingerprint density at radius 2 is 1.30 bits per heavy atom. The molecule has 0 aliphatic carbocycles. The maximum absolute atomic E-state index is 12.7. The van der Waals surface area contributed by atoms with Gasteiger partial charge in [0.2, 0.25) is 0 Å². The molecule has 2 aromatic rings. The van der Waals surface area contributed by atoms with Crippen molar-refractivity contribution in [2.24, 2.45) is 0 Å². The van der Waals surface area contributed by atoms with E-state index in [4.69, 9.17) is 14.2 Å². The van der Waals surface area contributed by atoms with Gasteiger partial charge in [0.25, 0.3) is 5.91 Å². The molecule has 33 heavy (non-hydrogen) atoms. The fourth-order valence-electron chi connectivity index (χ4n) is 2.87. The van der Waals surface area contributed by atoms with Crippen LogP contribution in [0.25, 0.3) is 0 Å². The molecule has 10 heteroatoms. The summed E-state index contributed by atoms with van der Waals surface area (Å²) in [5, 5.41) is 22.9. The van der Waals surface area contributed by atoms with Gasteiger partial charge in [-0.05, 0) is 51.1 Å². The van der Waals surface area contributed by atoms with E-state index in [0.717, 1.165) is 12.1 Å². The van der Waals surface area contributed by atoms with E-state index in [2.05, 4.69) is 5.32 Å². The molecule has 0 atom stereocenters. The molecule has 176 valence electrons. The molecule has 0 saturated carbocycles. The number of amides is 1. The third kappa shape index (κ3) is 6.70. The van der Waals surface area contributed by atoms with Crippen LogP contribution in [0.3, 0.4) is 0 Å². The number of hydrogen-bond acceptors (Lipinski definition) is 9. The molecule has 0 saturated heterocycles. The minimum Gasteiger partial charge on any atom is -0.508 e. The number of esters is 3. The van der Waals surface area contributed by atoms with E-state index in [1.807, 2.05) is 0 Å². The number of aromatic hydroxyl groups is 2. The average Bonchev–Trinajstić information content (AvgIpc) is 2.76. The van der Waals surface area contributed by atoms with Crippen LogP contribution in [0, 0.1) is 0 Å². The maximum Gasteiger partial charge on any atom is 0.338 e. The predicted molar refractivity (Wildman–Crippen MR) is 116 cm³/mol. The summed E-state index contributed by atoms with van der Waals surface area (Å²) >= 11 is 0. The van der Waals surface area contributed by atoms with Gasteiger partial charge < -0.3 is 29.7 Å². The van der Waals surface area contributed by atoms with E-state index < -0.39 is 35.3 Å². The lowest BCUT2D eigenvalue weighted by Crippen LogP contribution is -2.15. The number of hydrogen-bond donors (Lipinski definition) is 3. The Labute approximate surface area is 190 Å². The highest BCUT2D eigenvalue weighted by molar-refractivity contribution is 6.08. The molecule has 0 unspecified atom stereocenters. The maximum atomic E-state index is 12.7. The number of phenols is 2. The van der Waals surface area contributed by atoms with Crippen molar-refractivity contribution >= 4 is 29.5 Å². The molecule has 0 spiro atoms. The second-order valence-corrected chi connectivity index (χ2v) is 6.67. The number of benzene rings is 2. The van der Waals surface area contributed by atoms with Crippen LogP contribution in [0.5, 0.6) is 11.5 Å². The fourth-order valence-corrected chi connectivity index (χ4v) is 2.87. The highest BCUT2D eigenvalue weighted by atomic mass is 16.5. The van der Waals surface area contributed by atoms with Gasteiger partial charge in [0.15, 0.2) is 0 Å². The van der Waals surface area contributed by atoms with E-state index in [-0.39, 0.29) is 54.2 Å². The van der Waals surface area contributed by atoms with Gasteiger partial charge in [0.1, 0.15) is 11.5 Å². The molecular formula is C23H25NO9. The van der Waals surface area contributed by atoms with Crippen molar-refractivity contribution in [3.8, 4) is 11.5 Å². The van der Waals surface area contributed by atoms with E-state index in [1.165, 1.54) is 18.2 Å². The largest absolute Gasteiger partial charge is 0.508 e. The summed E-state index contributed by atoms with van der Waals surface area (Å²) in [6.07, 6.45) is -0.292. The molecule has 0 radical (unpaired) electrons. The van der Waals surface area contributed by atoms with Crippen molar-refractivity contribution in [2.75, 3.05) is 25.1 Å². The first kappa shape index (κ1) is 25.2. The molecule has 0 aliphatic heterocycles. The molecule has 3 N–H and O–H groups in total. The van der Waals surface area contributed by atoms with Crippen molar-refractivity contribution in [2.45, 2.75) is 27.2 Å². The molecule has 0 bridgehead atoms. The lowest BCUT2D eigenvalue weighted by Gasteiger charge is -2.12. The van der Waals surface area contributed by atoms with Crippen LogP contribution in [0.4, 0.5) is 5.69 Å². The normalized spacial score (nSPS) is 10.3. The molecule has 1 amide bonds. The number of anilines is 1. The van der Waals surface area contributed by atoms with Crippen LogP contribution < -0.4 is 5.32 Å². The SMILES string of the molecule is CCOC(=O)Cc1cc(O)c(C(=O)Nc2cc(C(=O)OCC)cc(C(=O)OCC)c2)cc1O. The molecule has 0 fully saturated rings. The molecule has 10 nitrogen and oxygen atoms in total. The Hall–Kier alpha value is -4.08. The van der Waals surface area contributed by atoms with Gasteiger partial charge in [-0.2, -0.15) is 0 Å². The zero-order valence-corrected chi connectivity index (χ0v) is 18.5. The van der Waals surface area contributed by atoms with Gasteiger partial charge in [-0.3, -0.25) is 9.59 Å². The Morgan fingerprint density at radius 3 is 1.82 bits per heavy atom. The Morgan fingerprint density at radius 1 is 0.758 bits per heavy atom. The van der Waals surface area contributed by atoms with Crippen LogP contribution in [0.15, 0.2) is 30.3 Å². The first-order valence-corrected chi connectivity index (χ1v) is 10.2. The van der Waals surface area contributed by atoms with Gasteiger partial charge in [-0.1, -0.05) is 0 Å². The van der Waals surface area contributed by atoms with Gasteiger partial charge in [-0.15, -0.1) is 0 Å². The third-order valence-corrected chi connectivity index (χ3v) is 4.29. The van der Waals surface area contributed by atoms with Crippen LogP contribution >= 0.6 is 0 Å². The smallest absolute Gasteiger partial charge is 0.338 e. The summed E-state index contributed by atoms with van der Waals surface area (Å²) in [5.74, 6) is -3.73. The fraction of sp³-hybridized carbons (Fsp3) is 0.304. The van der Waals surface area contributed by atoms with E-state index >= 15 is 0 Å². The van der Waals surface area contributed by atoms with Gasteiger partial charge in [0, 0.05) is 11.3 Å². The van der Waals surface area contributed by atoms with Crippen molar-refractivity contribution in [1.29, 1.82) is 0 Å². The Kier molecular flexibility index (Phi) is 8.79. The summed E-state index contributed by atoms with van der Waals surface area (Å²) in [7, 11) is 0. The van der Waals surface area contributed by atoms with Gasteiger partial charge >= 0.3 is 17.9 Å². The second-order valence-electron chi connectivity index (χ2n) is 6.67. The Bertz CT molecular complexity index is 1030. The molecule has 0 heterocycles. The Balaban J connectivity index is 2.34. The number of nitrogens with one attached hydrogen (secondary N) is 1. The van der Waals surface area contributed by atoms with Crippen LogP contribution in [-0.4, -0.2) is 53.8 Å². The molecule has 2 aromatic carbocycles. The monoisotopic (exact) mass is 459 g/mol. The van der Waals surface area contributed by atoms with Crippen LogP contribution in [0.2, 0.25) is 0 Å². The van der Waals surface area contributed by atoms with E-state index in [9.17, 15) is 29.4 Å². The lowest BCUT2D eigenvalue weighted by molar-refractivity contribution is -0.142. The predicted octanol–water partition coefficient (Wildman–Crippen LogP) is 2.81. The number of rotatable bonds is 9. The van der Waals surface area contributed by atoms with Crippen LogP contribution in [0.1, 0.15) is 57.4 Å². The zero-order valence-electron chi connectivity index (χ0n) is 18.5. The lowest BCUT2D eigenvalue weighted by atomic mass is 10.0. The van der Waals surface area contributed by atoms with Crippen LogP contribution in [-0.2, 0) is 25.4 Å². The molecule has 0 aliphatic rings. The summed E-state index contributed by atoms with van der Waals surface area (Å²) in [4.78, 5) is 48.7. The van der Waals surface area contributed by atoms with Crippen molar-refractivity contribution in [1.82, 2.24) is 0 Å². The van der Waals surface area contributed by atoms with Gasteiger partial charge in [0.05, 0.1) is 42.9 Å². The molecule has 2 rings (SSSR count). The standard InChI is InChI=1S/C23H25NO9/c1-4-31-20(27)11-13-10-19(26)17(12-18(13)25)21(28)24-16-8-14(22(29)32-5-2)7-15(9-16)23(30)33-6-3/h7-10,12,25-26H,4-6,11H2,1-3H3,(H,24,28). The minimum absolute atomic E-state index is 0.00885. The van der Waals surface area contributed by atoms with Gasteiger partial charge in [-0.25, -0.2) is 9.59 Å². The number of carbonyl (C=O) groups excluding carboxylic acids is 4. The highest BCUT2D eigenvalue weighted by Crippen LogP contribution is 2.29. The third-order valence-electron chi connectivity index (χ3n) is 4.29. The minimum atomic E-state index is -0.832. The van der Waals surface area contributed by atoms with Crippen molar-refractivity contribution in [3.05, 3.63) is 52.6 Å². The number of ether oxygens (including phenoxy) is 3. The quantitative estimate of drug-likeness (QED) is 0.292. The topological polar surface area (TPSA) is 148 Å². The van der Waals surface area contributed by atoms with Crippen molar-refractivity contribution < 1.29 is 43.6 Å². The van der Waals surface area contributed by atoms with E-state index in [0.29, 0.717) is 0 Å². The van der Waals surface area contributed by atoms with Crippen molar-refractivity contribution in [3.63, 3.8) is 0 Å². The first-order chi connectivity index (χ1) is 15.7. The van der Waals surface area contributed by atoms with E-state index in [1.54, 1.807) is 20.8 Å². The highest BCUT2D eigenvalue weighted by Gasteiger charge is 2.20. The zero-order chi connectivity index (χ0) is 24.5. The average molecular weight is 459 g/mol. The summed E-state index contributed by atoms with van der Waals surface area (Å²) in [6.45, 7) is 5.25. The first-order valence-electron chi connectivity index (χ1n) is 10.2. The molecule has 0 aromatic heterocycles. The second kappa shape index (κ2) is 11.5. The number of phenolic OH excluding ortho intramolecular Hbond substituents is 2. The summed E-state index contributed by atoms with van der Waals surface area (Å²) < 4.78 is 14.7.